The minimum Gasteiger partial charge on any atom is -0.375 e. The van der Waals surface area contributed by atoms with E-state index in [0.717, 1.165) is 15.4 Å². The largest absolute Gasteiger partial charge is 0.375 e. The zero-order valence-corrected chi connectivity index (χ0v) is 12.0. The van der Waals surface area contributed by atoms with Crippen LogP contribution in [-0.2, 0) is 0 Å². The number of hydrazone groups is 1. The summed E-state index contributed by atoms with van der Waals surface area (Å²) in [7, 11) is 0. The summed E-state index contributed by atoms with van der Waals surface area (Å²) in [6.07, 6.45) is 1.63. The third-order valence-corrected chi connectivity index (χ3v) is 3.42. The molecule has 6 heteroatoms. The second-order valence-corrected chi connectivity index (χ2v) is 5.45. The molecule has 3 nitrogen and oxygen atoms in total. The van der Waals surface area contributed by atoms with Crippen molar-refractivity contribution in [1.29, 1.82) is 0 Å². The molecular weight excluding hydrogens is 293 g/mol. The minimum absolute atomic E-state index is 0.129. The molecule has 0 aliphatic carbocycles. The van der Waals surface area contributed by atoms with Gasteiger partial charge in [-0.1, -0.05) is 23.9 Å². The Balaban J connectivity index is 1.99. The topological polar surface area (TPSA) is 50.4 Å². The van der Waals surface area contributed by atoms with Gasteiger partial charge in [0.05, 0.1) is 6.21 Å². The lowest BCUT2D eigenvalue weighted by molar-refractivity contribution is 0.626. The van der Waals surface area contributed by atoms with Crippen LogP contribution < -0.4 is 11.2 Å². The van der Waals surface area contributed by atoms with Crippen LogP contribution >= 0.6 is 24.0 Å². The van der Waals surface area contributed by atoms with Crippen LogP contribution in [0.2, 0.25) is 0 Å². The van der Waals surface area contributed by atoms with Crippen molar-refractivity contribution in [3.8, 4) is 0 Å². The molecule has 0 atom stereocenters. The van der Waals surface area contributed by atoms with Crippen LogP contribution in [0.1, 0.15) is 5.56 Å². The van der Waals surface area contributed by atoms with E-state index in [1.807, 2.05) is 24.3 Å². The van der Waals surface area contributed by atoms with Gasteiger partial charge in [-0.3, -0.25) is 5.43 Å². The number of nitrogens with zero attached hydrogens (tertiary/aromatic N) is 1. The highest BCUT2D eigenvalue weighted by Crippen LogP contribution is 2.27. The smallest absolute Gasteiger partial charge is 0.184 e. The fraction of sp³-hybridized carbons (Fsp3) is 0. The molecule has 0 heterocycles. The summed E-state index contributed by atoms with van der Waals surface area (Å²) in [6, 6.07) is 14.2. The van der Waals surface area contributed by atoms with Gasteiger partial charge in [0, 0.05) is 9.79 Å². The Morgan fingerprint density at radius 2 is 1.65 bits per heavy atom. The van der Waals surface area contributed by atoms with Crippen LogP contribution in [0.4, 0.5) is 4.39 Å². The van der Waals surface area contributed by atoms with E-state index in [2.05, 4.69) is 22.7 Å². The van der Waals surface area contributed by atoms with Gasteiger partial charge in [-0.05, 0) is 54.2 Å². The maximum atomic E-state index is 12.8. The molecule has 3 N–H and O–H groups in total. The molecule has 0 bridgehead atoms. The van der Waals surface area contributed by atoms with Crippen molar-refractivity contribution in [3.05, 3.63) is 59.9 Å². The van der Waals surface area contributed by atoms with Gasteiger partial charge in [0.25, 0.3) is 0 Å². The summed E-state index contributed by atoms with van der Waals surface area (Å²) in [6.45, 7) is 0. The van der Waals surface area contributed by atoms with E-state index in [1.165, 1.54) is 12.1 Å². The standard InChI is InChI=1S/C14H12FN3S2/c15-11-3-7-13(8-4-11)20-12-5-1-10(2-6-12)9-17-18-14(16)19/h1-9H,(H3,16,18,19)/b17-9+. The first-order chi connectivity index (χ1) is 9.63. The molecule has 0 saturated carbocycles. The van der Waals surface area contributed by atoms with Crippen molar-refractivity contribution in [1.82, 2.24) is 5.43 Å². The number of nitrogens with two attached hydrogens (primary N) is 1. The van der Waals surface area contributed by atoms with Gasteiger partial charge in [-0.2, -0.15) is 5.10 Å². The SMILES string of the molecule is NC(=S)N/N=C/c1ccc(Sc2ccc(F)cc2)cc1. The van der Waals surface area contributed by atoms with E-state index in [-0.39, 0.29) is 10.9 Å². The maximum Gasteiger partial charge on any atom is 0.184 e. The Bertz CT molecular complexity index is 609. The molecule has 20 heavy (non-hydrogen) atoms. The Labute approximate surface area is 126 Å². The lowest BCUT2D eigenvalue weighted by Gasteiger charge is -2.02. The highest BCUT2D eigenvalue weighted by Gasteiger charge is 1.98. The van der Waals surface area contributed by atoms with E-state index in [4.69, 9.17) is 5.73 Å². The first-order valence-electron chi connectivity index (χ1n) is 5.75. The minimum atomic E-state index is -0.230. The third-order valence-electron chi connectivity index (χ3n) is 2.32. The van der Waals surface area contributed by atoms with Gasteiger partial charge in [0.2, 0.25) is 0 Å². The Morgan fingerprint density at radius 3 is 2.20 bits per heavy atom. The summed E-state index contributed by atoms with van der Waals surface area (Å²) in [5.41, 5.74) is 8.67. The zero-order valence-electron chi connectivity index (χ0n) is 10.4. The molecular formula is C14H12FN3S2. The van der Waals surface area contributed by atoms with Gasteiger partial charge < -0.3 is 5.73 Å². The zero-order chi connectivity index (χ0) is 14.4. The van der Waals surface area contributed by atoms with E-state index < -0.39 is 0 Å². The predicted octanol–water partition coefficient (Wildman–Crippen LogP) is 3.14. The van der Waals surface area contributed by atoms with Crippen molar-refractivity contribution in [2.24, 2.45) is 10.8 Å². The fourth-order valence-electron chi connectivity index (χ4n) is 1.43. The molecule has 2 aromatic carbocycles. The lowest BCUT2D eigenvalue weighted by Crippen LogP contribution is -2.23. The van der Waals surface area contributed by atoms with Crippen molar-refractivity contribution in [2.75, 3.05) is 0 Å². The summed E-state index contributed by atoms with van der Waals surface area (Å²) >= 11 is 6.20. The van der Waals surface area contributed by atoms with Crippen LogP contribution in [0.3, 0.4) is 0 Å². The number of nitrogens with one attached hydrogen (secondary N) is 1. The second kappa shape index (κ2) is 7.02. The van der Waals surface area contributed by atoms with Crippen LogP contribution in [-0.4, -0.2) is 11.3 Å². The number of rotatable bonds is 4. The number of hydrogen-bond donors (Lipinski definition) is 2. The van der Waals surface area contributed by atoms with E-state index in [0.29, 0.717) is 0 Å². The van der Waals surface area contributed by atoms with Crippen molar-refractivity contribution in [2.45, 2.75) is 9.79 Å². The first kappa shape index (κ1) is 14.5. The fourth-order valence-corrected chi connectivity index (χ4v) is 2.30. The molecule has 0 saturated heterocycles. The molecule has 2 aromatic rings. The molecule has 0 unspecified atom stereocenters. The molecule has 0 radical (unpaired) electrons. The van der Waals surface area contributed by atoms with Crippen molar-refractivity contribution < 1.29 is 4.39 Å². The van der Waals surface area contributed by atoms with Crippen molar-refractivity contribution >= 4 is 35.3 Å². The molecule has 0 aliphatic heterocycles. The number of halogens is 1. The average molecular weight is 305 g/mol. The Hall–Kier alpha value is -1.92. The molecule has 0 aromatic heterocycles. The van der Waals surface area contributed by atoms with E-state index >= 15 is 0 Å². The monoisotopic (exact) mass is 305 g/mol. The molecule has 0 spiro atoms. The Morgan fingerprint density at radius 1 is 1.10 bits per heavy atom. The summed E-state index contributed by atoms with van der Waals surface area (Å²) < 4.78 is 12.8. The highest BCUT2D eigenvalue weighted by molar-refractivity contribution is 7.99. The van der Waals surface area contributed by atoms with Crippen LogP contribution in [0.5, 0.6) is 0 Å². The Kier molecular flexibility index (Phi) is 5.09. The maximum absolute atomic E-state index is 12.8. The van der Waals surface area contributed by atoms with Gasteiger partial charge in [0.1, 0.15) is 5.82 Å². The second-order valence-electron chi connectivity index (χ2n) is 3.86. The summed E-state index contributed by atoms with van der Waals surface area (Å²) in [4.78, 5) is 2.05. The highest BCUT2D eigenvalue weighted by atomic mass is 32.2. The van der Waals surface area contributed by atoms with Crippen LogP contribution in [0, 0.1) is 5.82 Å². The number of thiocarbonyl (C=S) groups is 1. The molecule has 0 amide bonds. The van der Waals surface area contributed by atoms with Gasteiger partial charge in [0.15, 0.2) is 5.11 Å². The van der Waals surface area contributed by atoms with Crippen LogP contribution in [0.25, 0.3) is 0 Å². The normalized spacial score (nSPS) is 10.7. The predicted molar refractivity (Wildman–Crippen MR) is 84.5 cm³/mol. The molecule has 2 rings (SSSR count). The summed E-state index contributed by atoms with van der Waals surface area (Å²) in [5, 5.41) is 4.00. The quantitative estimate of drug-likeness (QED) is 0.517. The van der Waals surface area contributed by atoms with Gasteiger partial charge in [-0.25, -0.2) is 4.39 Å². The molecule has 0 aliphatic rings. The lowest BCUT2D eigenvalue weighted by atomic mass is 10.2. The summed E-state index contributed by atoms with van der Waals surface area (Å²) in [5.74, 6) is -0.230. The average Bonchev–Trinajstić information content (AvgIpc) is 2.43. The molecule has 102 valence electrons. The van der Waals surface area contributed by atoms with Crippen LogP contribution in [0.15, 0.2) is 63.4 Å². The van der Waals surface area contributed by atoms with Crippen molar-refractivity contribution in [3.63, 3.8) is 0 Å². The van der Waals surface area contributed by atoms with E-state index in [1.54, 1.807) is 30.1 Å². The number of hydrogen-bond acceptors (Lipinski definition) is 3. The van der Waals surface area contributed by atoms with Gasteiger partial charge in [-0.15, -0.1) is 0 Å². The third kappa shape index (κ3) is 4.64. The van der Waals surface area contributed by atoms with Gasteiger partial charge >= 0.3 is 0 Å². The van der Waals surface area contributed by atoms with E-state index in [9.17, 15) is 4.39 Å². The first-order valence-corrected chi connectivity index (χ1v) is 6.98. The number of benzene rings is 2. The molecule has 0 fully saturated rings.